The van der Waals surface area contributed by atoms with Crippen molar-refractivity contribution in [3.05, 3.63) is 166 Å². The summed E-state index contributed by atoms with van der Waals surface area (Å²) in [5.41, 5.74) is 4.89. The molecule has 0 atom stereocenters. The number of hydrogen-bond donors (Lipinski definition) is 3. The number of aliphatic carboxylic acids is 1. The molecule has 3 N–H and O–H groups in total. The minimum atomic E-state index is -1.09. The molecule has 2 heterocycles. The van der Waals surface area contributed by atoms with Gasteiger partial charge in [0.2, 0.25) is 0 Å². The number of methoxy groups -OCH3 is 1. The van der Waals surface area contributed by atoms with Crippen LogP contribution in [0.1, 0.15) is 104 Å². The van der Waals surface area contributed by atoms with Gasteiger partial charge in [0.1, 0.15) is 46.0 Å². The second kappa shape index (κ2) is 20.3. The molecule has 6 fully saturated rings. The maximum absolute atomic E-state index is 14.9. The Morgan fingerprint density at radius 2 is 0.924 bits per heavy atom. The van der Waals surface area contributed by atoms with E-state index in [1.165, 1.54) is 100 Å². The van der Waals surface area contributed by atoms with E-state index >= 15 is 0 Å². The molecule has 12 nitrogen and oxygen atoms in total. The van der Waals surface area contributed by atoms with Crippen LogP contribution in [0.25, 0.3) is 66.8 Å². The van der Waals surface area contributed by atoms with Crippen LogP contribution in [-0.2, 0) is 27.2 Å². The number of benzene rings is 6. The summed E-state index contributed by atoms with van der Waals surface area (Å²) in [6.07, 6.45) is 6.26. The first-order valence-corrected chi connectivity index (χ1v) is 26.0. The van der Waals surface area contributed by atoms with Gasteiger partial charge in [0.15, 0.2) is 11.6 Å². The number of carbonyl (C=O) groups excluding carboxylic acids is 5. The standard InChI is InChI=1S/C32H27F2NO5.C31H25F2NO5/c1-35-31(38)29-24-12-22(19-5-8-25(34)23(9-19)26(36)16-32-13-17(14-32)15-32)20(11-28(37)39-2)10-27(24)40-30(29)18-3-6-21(33)7-4-18;1-34-30(38)28-23-11-21(18-4-7-24(33)22(8-18)25(35)15-31-12-16(13-31)14-31)19(10-27(36)37)9-26(23)39-29(28)17-2-5-20(32)6-3-17/h3-10,12,17H,11,13-16H2,1-2H3,(H,35,38);2-9,11,16H,10,12-15H2,1H3,(H,34,38)(H,36,37). The Labute approximate surface area is 450 Å². The second-order valence-electron chi connectivity index (χ2n) is 21.7. The molecule has 0 spiro atoms. The van der Waals surface area contributed by atoms with Crippen LogP contribution in [0.5, 0.6) is 0 Å². The number of furan rings is 2. The number of carboxylic acids is 1. The summed E-state index contributed by atoms with van der Waals surface area (Å²) in [5.74, 6) is -3.19. The van der Waals surface area contributed by atoms with Crippen LogP contribution in [0.4, 0.5) is 17.6 Å². The minimum Gasteiger partial charge on any atom is -0.481 e. The van der Waals surface area contributed by atoms with Gasteiger partial charge in [-0.2, -0.15) is 0 Å². The Bertz CT molecular complexity index is 3820. The van der Waals surface area contributed by atoms with Gasteiger partial charge in [-0.1, -0.05) is 12.1 Å². The van der Waals surface area contributed by atoms with Gasteiger partial charge in [-0.15, -0.1) is 0 Å². The molecule has 0 unspecified atom stereocenters. The predicted octanol–water partition coefficient (Wildman–Crippen LogP) is 12.9. The molecule has 6 aromatic carbocycles. The topological polar surface area (TPSA) is 182 Å². The number of carboxylic acid groups (broad SMARTS) is 1. The average Bonchev–Trinajstić information content (AvgIpc) is 3.82. The predicted molar refractivity (Wildman–Crippen MR) is 285 cm³/mol. The van der Waals surface area contributed by atoms with E-state index < -0.39 is 47.0 Å². The number of halogens is 4. The van der Waals surface area contributed by atoms with E-state index in [1.807, 2.05) is 0 Å². The Kier molecular flexibility index (Phi) is 13.5. The third-order valence-electron chi connectivity index (χ3n) is 16.4. The number of amides is 2. The lowest BCUT2D eigenvalue weighted by Gasteiger charge is -2.62. The Hall–Kier alpha value is -8.66. The molecule has 402 valence electrons. The molecule has 6 saturated carbocycles. The molecule has 8 aromatic rings. The molecular weight excluding hydrogens is 1020 g/mol. The van der Waals surface area contributed by atoms with E-state index in [0.717, 1.165) is 38.5 Å². The minimum absolute atomic E-state index is 0.00748. The molecule has 0 aliphatic heterocycles. The van der Waals surface area contributed by atoms with E-state index in [2.05, 4.69) is 10.6 Å². The van der Waals surface area contributed by atoms with Gasteiger partial charge in [-0.25, -0.2) is 17.6 Å². The summed E-state index contributed by atoms with van der Waals surface area (Å²) in [6.45, 7) is 0. The maximum Gasteiger partial charge on any atom is 0.310 e. The summed E-state index contributed by atoms with van der Waals surface area (Å²) in [5, 5.41) is 15.7. The Morgan fingerprint density at radius 3 is 1.27 bits per heavy atom. The first-order chi connectivity index (χ1) is 37.9. The van der Waals surface area contributed by atoms with Gasteiger partial charge >= 0.3 is 11.9 Å². The molecule has 14 rings (SSSR count). The van der Waals surface area contributed by atoms with Crippen LogP contribution in [0.3, 0.4) is 0 Å². The number of hydrogen-bond acceptors (Lipinski definition) is 9. The first-order valence-electron chi connectivity index (χ1n) is 26.0. The highest BCUT2D eigenvalue weighted by molar-refractivity contribution is 6.13. The van der Waals surface area contributed by atoms with Gasteiger partial charge in [0.05, 0.1) is 42.2 Å². The second-order valence-corrected chi connectivity index (χ2v) is 21.7. The number of ether oxygens (including phenoxy) is 1. The van der Waals surface area contributed by atoms with Crippen molar-refractivity contribution in [3.8, 4) is 44.9 Å². The summed E-state index contributed by atoms with van der Waals surface area (Å²) >= 11 is 0. The van der Waals surface area contributed by atoms with Gasteiger partial charge in [0, 0.05) is 48.8 Å². The number of carbonyl (C=O) groups is 6. The lowest BCUT2D eigenvalue weighted by Crippen LogP contribution is -2.52. The van der Waals surface area contributed by atoms with Crippen molar-refractivity contribution in [1.82, 2.24) is 10.6 Å². The van der Waals surface area contributed by atoms with Crippen molar-refractivity contribution < 1.29 is 65.0 Å². The fourth-order valence-electron chi connectivity index (χ4n) is 12.3. The van der Waals surface area contributed by atoms with Crippen molar-refractivity contribution in [1.29, 1.82) is 0 Å². The zero-order valence-corrected chi connectivity index (χ0v) is 43.3. The molecule has 2 aromatic heterocycles. The number of rotatable bonds is 16. The largest absolute Gasteiger partial charge is 0.481 e. The van der Waals surface area contributed by atoms with Gasteiger partial charge in [-0.05, 0) is 192 Å². The Balaban J connectivity index is 0.000000167. The van der Waals surface area contributed by atoms with Crippen molar-refractivity contribution in [2.24, 2.45) is 22.7 Å². The first kappa shape index (κ1) is 52.4. The van der Waals surface area contributed by atoms with Crippen molar-refractivity contribution >= 4 is 57.3 Å². The molecule has 0 radical (unpaired) electrons. The highest BCUT2D eigenvalue weighted by atomic mass is 19.1. The highest BCUT2D eigenvalue weighted by Gasteiger charge is 2.58. The van der Waals surface area contributed by atoms with Crippen LogP contribution >= 0.6 is 0 Å². The summed E-state index contributed by atoms with van der Waals surface area (Å²) in [6, 6.07) is 26.1. The van der Waals surface area contributed by atoms with Crippen LogP contribution in [0, 0.1) is 45.9 Å². The smallest absolute Gasteiger partial charge is 0.310 e. The normalized spacial score (nSPS) is 19.2. The van der Waals surface area contributed by atoms with E-state index in [0.29, 0.717) is 85.5 Å². The molecule has 79 heavy (non-hydrogen) atoms. The number of esters is 1. The van der Waals surface area contributed by atoms with Crippen LogP contribution in [-0.4, -0.2) is 61.6 Å². The average molecular weight is 1070 g/mol. The third-order valence-corrected chi connectivity index (χ3v) is 16.4. The number of Topliss-reactive ketones (excluding diaryl/α,β-unsaturated/α-hetero) is 2. The number of fused-ring (bicyclic) bond motifs is 2. The fourth-order valence-corrected chi connectivity index (χ4v) is 12.3. The van der Waals surface area contributed by atoms with Crippen molar-refractivity contribution in [2.45, 2.75) is 64.2 Å². The van der Waals surface area contributed by atoms with Crippen LogP contribution in [0.2, 0.25) is 0 Å². The summed E-state index contributed by atoms with van der Waals surface area (Å²) < 4.78 is 74.0. The van der Waals surface area contributed by atoms with Crippen molar-refractivity contribution in [3.63, 3.8) is 0 Å². The summed E-state index contributed by atoms with van der Waals surface area (Å²) in [7, 11) is 4.24. The quantitative estimate of drug-likeness (QED) is 0.0478. The number of ketones is 2. The van der Waals surface area contributed by atoms with Gasteiger partial charge in [-0.3, -0.25) is 28.8 Å². The lowest BCUT2D eigenvalue weighted by molar-refractivity contribution is -0.140. The number of nitrogens with one attached hydrogen (secondary N) is 2. The van der Waals surface area contributed by atoms with E-state index in [1.54, 1.807) is 30.3 Å². The monoisotopic (exact) mass is 1070 g/mol. The van der Waals surface area contributed by atoms with Crippen LogP contribution in [0.15, 0.2) is 118 Å². The molecule has 2 amide bonds. The molecular formula is C63H52F4N2O10. The van der Waals surface area contributed by atoms with Gasteiger partial charge < -0.3 is 29.3 Å². The van der Waals surface area contributed by atoms with Crippen molar-refractivity contribution in [2.75, 3.05) is 21.2 Å². The van der Waals surface area contributed by atoms with Gasteiger partial charge in [0.25, 0.3) is 11.8 Å². The maximum atomic E-state index is 14.9. The molecule has 6 aliphatic rings. The molecule has 4 bridgehead atoms. The van der Waals surface area contributed by atoms with E-state index in [-0.39, 0.29) is 74.6 Å². The SMILES string of the molecule is CNC(=O)c1c(-c2ccc(F)cc2)oc2cc(CC(=O)O)c(-c3ccc(F)c(C(=O)CC45CC(C4)C5)c3)cc12.CNC(=O)c1c(-c2ccc(F)cc2)oc2cc(CC(=O)OC)c(-c3ccc(F)c(C(=O)CC45CC(C4)C5)c3)cc12. The zero-order chi connectivity index (χ0) is 55.7. The molecule has 6 aliphatic carbocycles. The zero-order valence-electron chi connectivity index (χ0n) is 43.3. The molecule has 0 saturated heterocycles. The third kappa shape index (κ3) is 9.78. The van der Waals surface area contributed by atoms with E-state index in [9.17, 15) is 51.4 Å². The highest BCUT2D eigenvalue weighted by Crippen LogP contribution is 2.67. The molecule has 16 heteroatoms. The van der Waals surface area contributed by atoms with E-state index in [4.69, 9.17) is 13.6 Å². The lowest BCUT2D eigenvalue weighted by atomic mass is 9.43. The summed E-state index contributed by atoms with van der Waals surface area (Å²) in [4.78, 5) is 76.4. The Morgan fingerprint density at radius 1 is 0.544 bits per heavy atom. The fraction of sp³-hybridized carbons (Fsp3) is 0.270. The van der Waals surface area contributed by atoms with Crippen LogP contribution < -0.4 is 10.6 Å².